The molecule has 2 saturated heterocycles. The van der Waals surface area contributed by atoms with E-state index in [-0.39, 0.29) is 0 Å². The van der Waals surface area contributed by atoms with Crippen molar-refractivity contribution >= 4 is 6.09 Å². The standard InChI is InChI=1S/C7H11NO6/c9-1-2-3(10)4(11)5-6(13-2)8-7(12)14-5/h2-6,9-11H,1H2,(H,8,12)/t2-,3+,4-,5-,6-/m1/s1. The topological polar surface area (TPSA) is 108 Å². The first kappa shape index (κ1) is 9.66. The van der Waals surface area contributed by atoms with Crippen LogP contribution in [0.1, 0.15) is 0 Å². The summed E-state index contributed by atoms with van der Waals surface area (Å²) in [6, 6.07) is 0. The fourth-order valence-electron chi connectivity index (χ4n) is 1.61. The first-order valence-corrected chi connectivity index (χ1v) is 4.23. The van der Waals surface area contributed by atoms with E-state index in [1.54, 1.807) is 0 Å². The van der Waals surface area contributed by atoms with E-state index in [9.17, 15) is 15.0 Å². The summed E-state index contributed by atoms with van der Waals surface area (Å²) in [5.41, 5.74) is 0. The van der Waals surface area contributed by atoms with Crippen LogP contribution in [0.2, 0.25) is 0 Å². The fraction of sp³-hybridized carbons (Fsp3) is 0.857. The second-order valence-electron chi connectivity index (χ2n) is 3.27. The highest BCUT2D eigenvalue weighted by Gasteiger charge is 2.50. The molecule has 0 unspecified atom stereocenters. The first-order chi connectivity index (χ1) is 6.63. The van der Waals surface area contributed by atoms with Crippen molar-refractivity contribution < 1.29 is 29.6 Å². The highest BCUT2D eigenvalue weighted by molar-refractivity contribution is 5.70. The molecule has 5 atom stereocenters. The summed E-state index contributed by atoms with van der Waals surface area (Å²) in [7, 11) is 0. The normalized spacial score (nSPS) is 46.8. The van der Waals surface area contributed by atoms with Gasteiger partial charge in [0.05, 0.1) is 6.61 Å². The van der Waals surface area contributed by atoms with Gasteiger partial charge in [0, 0.05) is 0 Å². The fourth-order valence-corrected chi connectivity index (χ4v) is 1.61. The molecule has 2 aliphatic heterocycles. The Labute approximate surface area is 79.2 Å². The summed E-state index contributed by atoms with van der Waals surface area (Å²) in [6.45, 7) is -0.433. The lowest BCUT2D eigenvalue weighted by Gasteiger charge is -2.36. The van der Waals surface area contributed by atoms with Crippen molar-refractivity contribution in [2.24, 2.45) is 0 Å². The number of amides is 1. The van der Waals surface area contributed by atoms with Crippen molar-refractivity contribution in [2.75, 3.05) is 6.61 Å². The second kappa shape index (κ2) is 3.35. The molecule has 0 bridgehead atoms. The van der Waals surface area contributed by atoms with Gasteiger partial charge < -0.3 is 24.8 Å². The SMILES string of the molecule is O=C1N[C@@H]2O[C@H](CO)[C@H](O)[C@@H](O)[C@H]2O1. The minimum absolute atomic E-state index is 0.433. The Kier molecular flexibility index (Phi) is 2.31. The van der Waals surface area contributed by atoms with E-state index in [2.05, 4.69) is 10.1 Å². The predicted molar refractivity (Wildman–Crippen MR) is 41.2 cm³/mol. The van der Waals surface area contributed by atoms with E-state index >= 15 is 0 Å². The summed E-state index contributed by atoms with van der Waals surface area (Å²) in [4.78, 5) is 10.8. The van der Waals surface area contributed by atoms with Crippen molar-refractivity contribution in [2.45, 2.75) is 30.6 Å². The number of ether oxygens (including phenoxy) is 2. The Morgan fingerprint density at radius 3 is 2.71 bits per heavy atom. The van der Waals surface area contributed by atoms with Crippen molar-refractivity contribution in [1.82, 2.24) is 5.32 Å². The van der Waals surface area contributed by atoms with Gasteiger partial charge in [0.25, 0.3) is 0 Å². The molecule has 80 valence electrons. The van der Waals surface area contributed by atoms with E-state index in [1.807, 2.05) is 0 Å². The van der Waals surface area contributed by atoms with Crippen LogP contribution < -0.4 is 5.32 Å². The van der Waals surface area contributed by atoms with Gasteiger partial charge in [-0.3, -0.25) is 5.32 Å². The van der Waals surface area contributed by atoms with Crippen LogP contribution in [0.3, 0.4) is 0 Å². The van der Waals surface area contributed by atoms with Crippen molar-refractivity contribution in [3.05, 3.63) is 0 Å². The van der Waals surface area contributed by atoms with E-state index in [4.69, 9.17) is 9.84 Å². The third-order valence-electron chi connectivity index (χ3n) is 2.37. The zero-order valence-corrected chi connectivity index (χ0v) is 7.16. The molecule has 2 rings (SSSR count). The quantitative estimate of drug-likeness (QED) is 0.378. The lowest BCUT2D eigenvalue weighted by atomic mass is 9.99. The number of alkyl carbamates (subject to hydrolysis) is 1. The van der Waals surface area contributed by atoms with E-state index in [0.29, 0.717) is 0 Å². The van der Waals surface area contributed by atoms with Crippen molar-refractivity contribution in [1.29, 1.82) is 0 Å². The van der Waals surface area contributed by atoms with Crippen LogP contribution >= 0.6 is 0 Å². The van der Waals surface area contributed by atoms with Crippen molar-refractivity contribution in [3.8, 4) is 0 Å². The molecule has 0 aromatic rings. The molecule has 0 aromatic carbocycles. The van der Waals surface area contributed by atoms with Crippen LogP contribution in [0, 0.1) is 0 Å². The van der Waals surface area contributed by atoms with Gasteiger partial charge in [-0.05, 0) is 0 Å². The zero-order valence-electron chi connectivity index (χ0n) is 7.16. The van der Waals surface area contributed by atoms with Gasteiger partial charge in [-0.15, -0.1) is 0 Å². The maximum atomic E-state index is 10.8. The second-order valence-corrected chi connectivity index (χ2v) is 3.27. The molecule has 4 N–H and O–H groups in total. The molecule has 0 aliphatic carbocycles. The molecule has 2 fully saturated rings. The molecule has 7 nitrogen and oxygen atoms in total. The third-order valence-corrected chi connectivity index (χ3v) is 2.37. The molecule has 1 amide bonds. The molecule has 7 heteroatoms. The van der Waals surface area contributed by atoms with Gasteiger partial charge >= 0.3 is 6.09 Å². The molecular weight excluding hydrogens is 194 g/mol. The van der Waals surface area contributed by atoms with Crippen LogP contribution in [0.5, 0.6) is 0 Å². The number of aliphatic hydroxyl groups is 3. The van der Waals surface area contributed by atoms with Crippen LogP contribution in [-0.4, -0.2) is 58.7 Å². The van der Waals surface area contributed by atoms with Crippen molar-refractivity contribution in [3.63, 3.8) is 0 Å². The lowest BCUT2D eigenvalue weighted by Crippen LogP contribution is -2.59. The smallest absolute Gasteiger partial charge is 0.409 e. The van der Waals surface area contributed by atoms with Crippen LogP contribution in [0.25, 0.3) is 0 Å². The maximum Gasteiger partial charge on any atom is 0.409 e. The molecule has 0 spiro atoms. The zero-order chi connectivity index (χ0) is 10.3. The Hall–Kier alpha value is -0.890. The average molecular weight is 205 g/mol. The first-order valence-electron chi connectivity index (χ1n) is 4.23. The van der Waals surface area contributed by atoms with Crippen LogP contribution in [-0.2, 0) is 9.47 Å². The summed E-state index contributed by atoms with van der Waals surface area (Å²) in [5.74, 6) is 0. The number of carbonyl (C=O) groups is 1. The van der Waals surface area contributed by atoms with E-state index in [0.717, 1.165) is 0 Å². The minimum atomic E-state index is -1.26. The number of aliphatic hydroxyl groups excluding tert-OH is 3. The predicted octanol–water partition coefficient (Wildman–Crippen LogP) is -2.47. The average Bonchev–Trinajstić information content (AvgIpc) is 2.52. The van der Waals surface area contributed by atoms with Gasteiger partial charge in [0.1, 0.15) is 18.3 Å². The molecule has 14 heavy (non-hydrogen) atoms. The number of hydrogen-bond acceptors (Lipinski definition) is 6. The number of nitrogens with one attached hydrogen (secondary N) is 1. The number of hydrogen-bond donors (Lipinski definition) is 4. The molecular formula is C7H11NO6. The maximum absolute atomic E-state index is 10.8. The van der Waals surface area contributed by atoms with Gasteiger partial charge in [-0.2, -0.15) is 0 Å². The highest BCUT2D eigenvalue weighted by Crippen LogP contribution is 2.25. The summed E-state index contributed by atoms with van der Waals surface area (Å²) in [6.07, 6.45) is -5.84. The lowest BCUT2D eigenvalue weighted by molar-refractivity contribution is -0.215. The van der Waals surface area contributed by atoms with Crippen LogP contribution in [0.4, 0.5) is 4.79 Å². The van der Waals surface area contributed by atoms with Gasteiger partial charge in [-0.25, -0.2) is 4.79 Å². The molecule has 0 saturated carbocycles. The third kappa shape index (κ3) is 1.34. The van der Waals surface area contributed by atoms with Crippen LogP contribution in [0.15, 0.2) is 0 Å². The number of carbonyl (C=O) groups excluding carboxylic acids is 1. The molecule has 2 aliphatic rings. The van der Waals surface area contributed by atoms with Gasteiger partial charge in [-0.1, -0.05) is 0 Å². The van der Waals surface area contributed by atoms with E-state index in [1.165, 1.54) is 0 Å². The summed E-state index contributed by atoms with van der Waals surface area (Å²) >= 11 is 0. The monoisotopic (exact) mass is 205 g/mol. The molecule has 0 radical (unpaired) electrons. The summed E-state index contributed by atoms with van der Waals surface area (Å²) in [5, 5.41) is 30.0. The number of rotatable bonds is 1. The Morgan fingerprint density at radius 2 is 2.07 bits per heavy atom. The highest BCUT2D eigenvalue weighted by atomic mass is 16.6. The Bertz CT molecular complexity index is 246. The van der Waals surface area contributed by atoms with Gasteiger partial charge in [0.15, 0.2) is 12.3 Å². The Morgan fingerprint density at radius 1 is 1.36 bits per heavy atom. The largest absolute Gasteiger partial charge is 0.438 e. The molecule has 0 aromatic heterocycles. The minimum Gasteiger partial charge on any atom is -0.438 e. The molecule has 2 heterocycles. The van der Waals surface area contributed by atoms with Gasteiger partial charge in [0.2, 0.25) is 0 Å². The Balaban J connectivity index is 2.13. The van der Waals surface area contributed by atoms with E-state index < -0.39 is 43.3 Å². The summed E-state index contributed by atoms with van der Waals surface area (Å²) < 4.78 is 9.77. The number of fused-ring (bicyclic) bond motifs is 1.